The largest absolute Gasteiger partial charge is 0.472 e. The number of phosphoric acid groups is 1. The number of hydrogen-bond acceptors (Lipinski definition) is 5. The zero-order valence-electron chi connectivity index (χ0n) is 47.1. The van der Waals surface area contributed by atoms with Crippen molar-refractivity contribution in [3.8, 4) is 0 Å². The molecule has 0 radical (unpaired) electrons. The highest BCUT2D eigenvalue weighted by atomic mass is 31.2. The second-order valence-corrected chi connectivity index (χ2v) is 23.9. The van der Waals surface area contributed by atoms with Crippen LogP contribution in [-0.2, 0) is 18.4 Å². The summed E-state index contributed by atoms with van der Waals surface area (Å²) >= 11 is 0. The van der Waals surface area contributed by atoms with Gasteiger partial charge in [0.05, 0.1) is 39.9 Å². The minimum Gasteiger partial charge on any atom is -0.391 e. The van der Waals surface area contributed by atoms with Gasteiger partial charge in [-0.05, 0) is 38.5 Å². The molecule has 0 aliphatic heterocycles. The number of nitrogens with one attached hydrogen (secondary N) is 1. The number of phosphoric ester groups is 1. The highest BCUT2D eigenvalue weighted by Crippen LogP contribution is 2.43. The number of unbranched alkanes of at least 4 members (excludes halogenated alkanes) is 42. The molecule has 3 N–H and O–H groups in total. The van der Waals surface area contributed by atoms with Crippen LogP contribution in [-0.4, -0.2) is 73.4 Å². The second kappa shape index (κ2) is 52.1. The average molecular weight is 999 g/mol. The van der Waals surface area contributed by atoms with Crippen molar-refractivity contribution in [3.63, 3.8) is 0 Å². The number of nitrogens with zero attached hydrogens (tertiary/aromatic N) is 1. The predicted molar refractivity (Wildman–Crippen MR) is 300 cm³/mol. The molecule has 0 aromatic carbocycles. The van der Waals surface area contributed by atoms with Crippen LogP contribution >= 0.6 is 7.82 Å². The topological polar surface area (TPSA) is 105 Å². The van der Waals surface area contributed by atoms with Crippen LogP contribution in [0.2, 0.25) is 0 Å². The lowest BCUT2D eigenvalue weighted by Gasteiger charge is -2.26. The summed E-state index contributed by atoms with van der Waals surface area (Å²) in [6.07, 6.45) is 64.6. The van der Waals surface area contributed by atoms with Crippen LogP contribution in [0.4, 0.5) is 0 Å². The number of rotatable bonds is 57. The van der Waals surface area contributed by atoms with Gasteiger partial charge in [0.2, 0.25) is 5.91 Å². The van der Waals surface area contributed by atoms with Gasteiger partial charge in [-0.3, -0.25) is 13.8 Å². The molecule has 69 heavy (non-hydrogen) atoms. The Balaban J connectivity index is 3.80. The predicted octanol–water partition coefficient (Wildman–Crippen LogP) is 18.6. The van der Waals surface area contributed by atoms with Crippen molar-refractivity contribution in [2.75, 3.05) is 40.9 Å². The van der Waals surface area contributed by atoms with Crippen LogP contribution in [0.3, 0.4) is 0 Å². The Hall–Kier alpha value is -0.760. The summed E-state index contributed by atoms with van der Waals surface area (Å²) in [6, 6.07) is -0.754. The number of hydrogen-bond donors (Lipinski definition) is 3. The van der Waals surface area contributed by atoms with E-state index in [9.17, 15) is 19.4 Å². The van der Waals surface area contributed by atoms with Crippen LogP contribution in [0.25, 0.3) is 0 Å². The molecule has 8 nitrogen and oxygen atoms in total. The number of allylic oxidation sites excluding steroid dienone is 2. The third kappa shape index (κ3) is 54.8. The highest BCUT2D eigenvalue weighted by Gasteiger charge is 2.28. The first-order valence-electron chi connectivity index (χ1n) is 30.6. The van der Waals surface area contributed by atoms with Gasteiger partial charge in [0.25, 0.3) is 0 Å². The lowest BCUT2D eigenvalue weighted by molar-refractivity contribution is -0.870. The van der Waals surface area contributed by atoms with Gasteiger partial charge in [-0.25, -0.2) is 4.57 Å². The molecular formula is C60H122N2O6P+. The molecule has 0 saturated carbocycles. The summed E-state index contributed by atoms with van der Waals surface area (Å²) in [6.45, 7) is 4.91. The minimum absolute atomic E-state index is 0.0779. The number of carbonyl (C=O) groups excluding carboxylic acids is 1. The fourth-order valence-corrected chi connectivity index (χ4v) is 10.2. The van der Waals surface area contributed by atoms with Crippen molar-refractivity contribution < 1.29 is 32.9 Å². The molecule has 0 spiro atoms. The minimum atomic E-state index is -4.31. The molecule has 1 amide bonds. The molecule has 0 aliphatic carbocycles. The Labute approximate surface area is 431 Å². The fraction of sp³-hybridized carbons (Fsp3) is 0.950. The van der Waals surface area contributed by atoms with Gasteiger partial charge in [0.1, 0.15) is 13.2 Å². The molecule has 0 rings (SSSR count). The lowest BCUT2D eigenvalue weighted by atomic mass is 10.0. The van der Waals surface area contributed by atoms with E-state index in [1.54, 1.807) is 0 Å². The zero-order chi connectivity index (χ0) is 50.6. The molecule has 0 bridgehead atoms. The van der Waals surface area contributed by atoms with Crippen molar-refractivity contribution in [2.24, 2.45) is 0 Å². The number of aliphatic hydroxyl groups is 1. The summed E-state index contributed by atoms with van der Waals surface area (Å²) in [5.74, 6) is -0.139. The van der Waals surface area contributed by atoms with Crippen LogP contribution in [0.15, 0.2) is 12.2 Å². The molecular weight excluding hydrogens is 876 g/mol. The standard InChI is InChI=1S/C60H121N2O6P/c1-6-8-10-12-14-16-18-19-20-21-22-23-24-25-26-27-28-29-30-31-32-33-34-35-36-37-38-39-40-41-42-43-44-46-48-50-52-54-60(64)61-58(57-68-69(65,66)67-56-55-62(3,4)5)59(63)53-51-49-47-45-17-15-13-11-9-7-2/h21-22,58-59,63H,6-20,23-57H2,1-5H3,(H-,61,64,65,66)/p+1/b22-21-. The first-order chi connectivity index (χ1) is 33.5. The summed E-state index contributed by atoms with van der Waals surface area (Å²) in [7, 11) is 1.63. The summed E-state index contributed by atoms with van der Waals surface area (Å²) in [4.78, 5) is 23.2. The molecule has 0 aliphatic rings. The quantitative estimate of drug-likeness (QED) is 0.0243. The van der Waals surface area contributed by atoms with Crippen molar-refractivity contribution >= 4 is 13.7 Å². The molecule has 9 heteroatoms. The normalized spacial score (nSPS) is 13.9. The smallest absolute Gasteiger partial charge is 0.391 e. The molecule has 3 unspecified atom stereocenters. The Bertz CT molecular complexity index is 1130. The molecule has 0 heterocycles. The van der Waals surface area contributed by atoms with Gasteiger partial charge in [-0.15, -0.1) is 0 Å². The van der Waals surface area contributed by atoms with E-state index in [2.05, 4.69) is 31.3 Å². The van der Waals surface area contributed by atoms with Crippen molar-refractivity contribution in [1.82, 2.24) is 5.32 Å². The number of likely N-dealkylation sites (N-methyl/N-ethyl adjacent to an activating group) is 1. The molecule has 0 fully saturated rings. The van der Waals surface area contributed by atoms with Gasteiger partial charge in [0, 0.05) is 6.42 Å². The van der Waals surface area contributed by atoms with Gasteiger partial charge in [-0.1, -0.05) is 283 Å². The average Bonchev–Trinajstić information content (AvgIpc) is 3.31. The maximum absolute atomic E-state index is 12.9. The second-order valence-electron chi connectivity index (χ2n) is 22.4. The van der Waals surface area contributed by atoms with E-state index in [0.717, 1.165) is 38.5 Å². The highest BCUT2D eigenvalue weighted by molar-refractivity contribution is 7.47. The van der Waals surface area contributed by atoms with E-state index in [-0.39, 0.29) is 19.1 Å². The van der Waals surface area contributed by atoms with E-state index >= 15 is 0 Å². The molecule has 0 aromatic rings. The number of aliphatic hydroxyl groups excluding tert-OH is 1. The zero-order valence-corrected chi connectivity index (χ0v) is 48.0. The van der Waals surface area contributed by atoms with Gasteiger partial charge in [0.15, 0.2) is 0 Å². The van der Waals surface area contributed by atoms with Crippen LogP contribution in [0.1, 0.15) is 316 Å². The van der Waals surface area contributed by atoms with Crippen molar-refractivity contribution in [3.05, 3.63) is 12.2 Å². The number of amides is 1. The monoisotopic (exact) mass is 998 g/mol. The van der Waals surface area contributed by atoms with Crippen molar-refractivity contribution in [2.45, 2.75) is 328 Å². The molecule has 0 saturated heterocycles. The maximum Gasteiger partial charge on any atom is 0.472 e. The van der Waals surface area contributed by atoms with Gasteiger partial charge >= 0.3 is 7.82 Å². The van der Waals surface area contributed by atoms with Crippen LogP contribution < -0.4 is 5.32 Å². The maximum atomic E-state index is 12.9. The van der Waals surface area contributed by atoms with Crippen LogP contribution in [0.5, 0.6) is 0 Å². The SMILES string of the molecule is CCCCCCCCCC/C=C\CCCCCCCCCCCCCCCCCCCCCCCCCCCC(=O)NC(COP(=O)(O)OCC[N+](C)(C)C)C(O)CCCCCCCCCCCC. The van der Waals surface area contributed by atoms with Gasteiger partial charge in [-0.2, -0.15) is 0 Å². The number of quaternary nitrogens is 1. The van der Waals surface area contributed by atoms with Gasteiger partial charge < -0.3 is 19.8 Å². The van der Waals surface area contributed by atoms with E-state index < -0.39 is 20.0 Å². The Morgan fingerprint density at radius 3 is 1.12 bits per heavy atom. The molecule has 412 valence electrons. The van der Waals surface area contributed by atoms with Crippen LogP contribution in [0, 0.1) is 0 Å². The Morgan fingerprint density at radius 1 is 0.478 bits per heavy atom. The van der Waals surface area contributed by atoms with E-state index in [1.165, 1.54) is 250 Å². The first kappa shape index (κ1) is 68.2. The van der Waals surface area contributed by atoms with E-state index in [0.29, 0.717) is 23.9 Å². The summed E-state index contributed by atoms with van der Waals surface area (Å²) < 4.78 is 23.7. The third-order valence-electron chi connectivity index (χ3n) is 14.3. The number of carbonyl (C=O) groups is 1. The van der Waals surface area contributed by atoms with E-state index in [4.69, 9.17) is 9.05 Å². The van der Waals surface area contributed by atoms with E-state index in [1.807, 2.05) is 21.1 Å². The Morgan fingerprint density at radius 2 is 0.783 bits per heavy atom. The summed E-state index contributed by atoms with van der Waals surface area (Å²) in [5.41, 5.74) is 0. The molecule has 0 aromatic heterocycles. The Kier molecular flexibility index (Phi) is 51.5. The summed E-state index contributed by atoms with van der Waals surface area (Å²) in [5, 5.41) is 14.0. The fourth-order valence-electron chi connectivity index (χ4n) is 9.46. The first-order valence-corrected chi connectivity index (χ1v) is 32.0. The van der Waals surface area contributed by atoms with Crippen molar-refractivity contribution in [1.29, 1.82) is 0 Å². The molecule has 3 atom stereocenters. The lowest BCUT2D eigenvalue weighted by Crippen LogP contribution is -2.46. The third-order valence-corrected chi connectivity index (χ3v) is 15.2.